The minimum atomic E-state index is 0.301. The summed E-state index contributed by atoms with van der Waals surface area (Å²) in [7, 11) is 1.74. The van der Waals surface area contributed by atoms with Crippen molar-refractivity contribution in [2.24, 2.45) is 5.41 Å². The van der Waals surface area contributed by atoms with Gasteiger partial charge in [0.05, 0.1) is 0 Å². The molecule has 0 N–H and O–H groups in total. The van der Waals surface area contributed by atoms with Gasteiger partial charge in [0.25, 0.3) is 0 Å². The molecular weight excluding hydrogens is 160 g/mol. The third-order valence-electron chi connectivity index (χ3n) is 1.81. The average Bonchev–Trinajstić information content (AvgIpc) is 1.99. The molecule has 0 radical (unpaired) electrons. The molecule has 0 aromatic rings. The minimum absolute atomic E-state index is 0.301. The molecule has 0 saturated heterocycles. The molecule has 0 unspecified atom stereocenters. The maximum Gasteiger partial charge on any atom is 0.0462 e. The highest BCUT2D eigenvalue weighted by atomic mass is 35.5. The molecule has 0 atom stereocenters. The topological polar surface area (TPSA) is 9.23 Å². The van der Waals surface area contributed by atoms with E-state index < -0.39 is 0 Å². The van der Waals surface area contributed by atoms with Crippen molar-refractivity contribution in [3.8, 4) is 0 Å². The zero-order valence-corrected chi connectivity index (χ0v) is 8.58. The second-order valence-electron chi connectivity index (χ2n) is 3.75. The van der Waals surface area contributed by atoms with Crippen molar-refractivity contribution in [3.05, 3.63) is 0 Å². The summed E-state index contributed by atoms with van der Waals surface area (Å²) >= 11 is 5.77. The first-order valence-electron chi connectivity index (χ1n) is 4.17. The first kappa shape index (κ1) is 11.2. The molecule has 0 aromatic carbocycles. The molecule has 0 fully saturated rings. The Morgan fingerprint density at radius 1 is 1.27 bits per heavy atom. The van der Waals surface area contributed by atoms with Gasteiger partial charge in [-0.25, -0.2) is 0 Å². The van der Waals surface area contributed by atoms with Crippen LogP contribution in [0.2, 0.25) is 0 Å². The average molecular weight is 179 g/mol. The number of unbranched alkanes of at least 4 members (excludes halogenated alkanes) is 1. The predicted octanol–water partition coefficient (Wildman–Crippen LogP) is 3.07. The van der Waals surface area contributed by atoms with E-state index in [4.69, 9.17) is 16.3 Å². The molecule has 68 valence electrons. The number of hydrogen-bond donors (Lipinski definition) is 0. The Morgan fingerprint density at radius 2 is 1.91 bits per heavy atom. The lowest BCUT2D eigenvalue weighted by atomic mass is 9.90. The van der Waals surface area contributed by atoms with Gasteiger partial charge in [-0.2, -0.15) is 0 Å². The summed E-state index contributed by atoms with van der Waals surface area (Å²) in [6.45, 7) is 5.28. The highest BCUT2D eigenvalue weighted by Crippen LogP contribution is 2.24. The molecule has 1 nitrogen and oxygen atoms in total. The van der Waals surface area contributed by atoms with Gasteiger partial charge in [0.2, 0.25) is 0 Å². The Balaban J connectivity index is 3.23. The Bertz CT molecular complexity index is 91.6. The summed E-state index contributed by atoms with van der Waals surface area (Å²) in [6, 6.07) is 0. The summed E-state index contributed by atoms with van der Waals surface area (Å²) < 4.78 is 4.96. The third-order valence-corrected chi connectivity index (χ3v) is 2.54. The first-order valence-corrected chi connectivity index (χ1v) is 4.71. The fourth-order valence-electron chi connectivity index (χ4n) is 0.917. The zero-order valence-electron chi connectivity index (χ0n) is 7.82. The second kappa shape index (κ2) is 5.84. The lowest BCUT2D eigenvalue weighted by Crippen LogP contribution is -2.13. The van der Waals surface area contributed by atoms with Gasteiger partial charge in [-0.3, -0.25) is 0 Å². The zero-order chi connectivity index (χ0) is 8.74. The van der Waals surface area contributed by atoms with E-state index in [1.807, 2.05) is 0 Å². The maximum atomic E-state index is 5.77. The summed E-state index contributed by atoms with van der Waals surface area (Å²) in [5.74, 6) is 0.750. The van der Waals surface area contributed by atoms with Gasteiger partial charge >= 0.3 is 0 Å². The highest BCUT2D eigenvalue weighted by molar-refractivity contribution is 6.18. The normalized spacial score (nSPS) is 12.0. The van der Waals surface area contributed by atoms with Gasteiger partial charge < -0.3 is 4.74 Å². The highest BCUT2D eigenvalue weighted by Gasteiger charge is 2.14. The van der Waals surface area contributed by atoms with Crippen LogP contribution in [0.25, 0.3) is 0 Å². The van der Waals surface area contributed by atoms with Gasteiger partial charge in [0, 0.05) is 19.6 Å². The molecule has 0 aromatic heterocycles. The molecule has 0 aliphatic rings. The van der Waals surface area contributed by atoms with Crippen molar-refractivity contribution in [2.75, 3.05) is 19.6 Å². The molecule has 0 saturated carbocycles. The molecule has 0 aliphatic carbocycles. The molecule has 0 amide bonds. The van der Waals surface area contributed by atoms with Crippen molar-refractivity contribution < 1.29 is 4.74 Å². The molecule has 0 heterocycles. The Kier molecular flexibility index (Phi) is 5.98. The summed E-state index contributed by atoms with van der Waals surface area (Å²) in [6.07, 6.45) is 3.56. The number of rotatable bonds is 6. The lowest BCUT2D eigenvalue weighted by Gasteiger charge is -2.20. The molecule has 0 spiro atoms. The predicted molar refractivity (Wildman–Crippen MR) is 50.2 cm³/mol. The van der Waals surface area contributed by atoms with Crippen LogP contribution in [-0.2, 0) is 4.74 Å². The molecule has 0 bridgehead atoms. The quantitative estimate of drug-likeness (QED) is 0.449. The Hall–Kier alpha value is 0.250. The SMILES string of the molecule is COCCCCC(C)(C)CCl. The van der Waals surface area contributed by atoms with E-state index >= 15 is 0 Å². The Morgan fingerprint density at radius 3 is 2.36 bits per heavy atom. The van der Waals surface area contributed by atoms with Crippen molar-refractivity contribution >= 4 is 11.6 Å². The number of alkyl halides is 1. The number of hydrogen-bond acceptors (Lipinski definition) is 1. The monoisotopic (exact) mass is 178 g/mol. The van der Waals surface area contributed by atoms with Gasteiger partial charge in [0.1, 0.15) is 0 Å². The van der Waals surface area contributed by atoms with Gasteiger partial charge in [0.15, 0.2) is 0 Å². The fraction of sp³-hybridized carbons (Fsp3) is 1.00. The van der Waals surface area contributed by atoms with Crippen LogP contribution in [0.1, 0.15) is 33.1 Å². The summed E-state index contributed by atoms with van der Waals surface area (Å²) in [5, 5.41) is 0. The second-order valence-corrected chi connectivity index (χ2v) is 4.02. The van der Waals surface area contributed by atoms with E-state index in [1.54, 1.807) is 7.11 Å². The lowest BCUT2D eigenvalue weighted by molar-refractivity contribution is 0.187. The van der Waals surface area contributed by atoms with E-state index in [9.17, 15) is 0 Å². The van der Waals surface area contributed by atoms with Gasteiger partial charge in [-0.15, -0.1) is 11.6 Å². The minimum Gasteiger partial charge on any atom is -0.385 e. The van der Waals surface area contributed by atoms with Crippen LogP contribution in [0.15, 0.2) is 0 Å². The number of methoxy groups -OCH3 is 1. The molecule has 0 aliphatic heterocycles. The molecule has 0 rings (SSSR count). The van der Waals surface area contributed by atoms with Crippen LogP contribution >= 0.6 is 11.6 Å². The van der Waals surface area contributed by atoms with Crippen LogP contribution in [0.3, 0.4) is 0 Å². The van der Waals surface area contributed by atoms with E-state index in [1.165, 1.54) is 12.8 Å². The van der Waals surface area contributed by atoms with Crippen molar-refractivity contribution in [2.45, 2.75) is 33.1 Å². The van der Waals surface area contributed by atoms with Crippen LogP contribution in [-0.4, -0.2) is 19.6 Å². The summed E-state index contributed by atoms with van der Waals surface area (Å²) in [4.78, 5) is 0. The maximum absolute atomic E-state index is 5.77. The number of ether oxygens (including phenoxy) is 1. The van der Waals surface area contributed by atoms with Crippen molar-refractivity contribution in [1.82, 2.24) is 0 Å². The first-order chi connectivity index (χ1) is 5.12. The van der Waals surface area contributed by atoms with Crippen LogP contribution in [0.5, 0.6) is 0 Å². The standard InChI is InChI=1S/C9H19ClO/c1-9(2,8-10)6-4-5-7-11-3/h4-8H2,1-3H3. The third kappa shape index (κ3) is 6.64. The van der Waals surface area contributed by atoms with Crippen LogP contribution < -0.4 is 0 Å². The molecule has 2 heteroatoms. The van der Waals surface area contributed by atoms with E-state index in [2.05, 4.69) is 13.8 Å². The van der Waals surface area contributed by atoms with Gasteiger partial charge in [-0.1, -0.05) is 20.3 Å². The van der Waals surface area contributed by atoms with Gasteiger partial charge in [-0.05, 0) is 18.3 Å². The number of halogens is 1. The van der Waals surface area contributed by atoms with Crippen molar-refractivity contribution in [3.63, 3.8) is 0 Å². The molecule has 11 heavy (non-hydrogen) atoms. The Labute approximate surface area is 75.1 Å². The smallest absolute Gasteiger partial charge is 0.0462 e. The van der Waals surface area contributed by atoms with E-state index in [0.29, 0.717) is 5.41 Å². The van der Waals surface area contributed by atoms with E-state index in [0.717, 1.165) is 18.9 Å². The molecular formula is C9H19ClO. The van der Waals surface area contributed by atoms with E-state index in [-0.39, 0.29) is 0 Å². The fourth-order valence-corrected chi connectivity index (χ4v) is 1.05. The van der Waals surface area contributed by atoms with Crippen LogP contribution in [0, 0.1) is 5.41 Å². The van der Waals surface area contributed by atoms with Crippen molar-refractivity contribution in [1.29, 1.82) is 0 Å². The largest absolute Gasteiger partial charge is 0.385 e. The summed E-state index contributed by atoms with van der Waals surface area (Å²) in [5.41, 5.74) is 0.301. The van der Waals surface area contributed by atoms with Crippen LogP contribution in [0.4, 0.5) is 0 Å².